The predicted molar refractivity (Wildman–Crippen MR) is 109 cm³/mol. The van der Waals surface area contributed by atoms with Gasteiger partial charge in [-0.3, -0.25) is 24.3 Å². The van der Waals surface area contributed by atoms with Gasteiger partial charge in [0.25, 0.3) is 11.2 Å². The van der Waals surface area contributed by atoms with Crippen LogP contribution in [0.25, 0.3) is 10.2 Å². The Balaban J connectivity index is 1.57. The molecular weight excluding hydrogens is 396 g/mol. The lowest BCUT2D eigenvalue weighted by Gasteiger charge is -2.12. The Labute approximate surface area is 169 Å². The number of hydrogen-bond donors (Lipinski definition) is 2. The lowest BCUT2D eigenvalue weighted by Crippen LogP contribution is -2.30. The number of nitro benzene ring substituents is 1. The zero-order chi connectivity index (χ0) is 21.1. The molecule has 10 heteroatoms. The van der Waals surface area contributed by atoms with Gasteiger partial charge in [-0.25, -0.2) is 4.98 Å². The summed E-state index contributed by atoms with van der Waals surface area (Å²) in [5.74, 6) is -0.323. The average Bonchev–Trinajstić information content (AvgIpc) is 3.00. The number of fused-ring (bicyclic) bond motifs is 1. The second kappa shape index (κ2) is 8.50. The number of nitrogens with zero attached hydrogens (tertiary/aromatic N) is 3. The quantitative estimate of drug-likeness (QED) is 0.449. The van der Waals surface area contributed by atoms with Gasteiger partial charge in [0, 0.05) is 36.5 Å². The molecule has 0 bridgehead atoms. The second-order valence-electron chi connectivity index (χ2n) is 6.63. The minimum absolute atomic E-state index is 0.0361. The van der Waals surface area contributed by atoms with Gasteiger partial charge in [-0.1, -0.05) is 0 Å². The van der Waals surface area contributed by atoms with Gasteiger partial charge in [-0.2, -0.15) is 0 Å². The van der Waals surface area contributed by atoms with Gasteiger partial charge in [0.1, 0.15) is 4.83 Å². The van der Waals surface area contributed by atoms with Crippen molar-refractivity contribution in [2.24, 2.45) is 0 Å². The van der Waals surface area contributed by atoms with E-state index in [0.29, 0.717) is 15.8 Å². The van der Waals surface area contributed by atoms with Gasteiger partial charge in [0.05, 0.1) is 22.7 Å². The number of hydrogen-bond acceptors (Lipinski definition) is 7. The van der Waals surface area contributed by atoms with Crippen molar-refractivity contribution in [1.29, 1.82) is 0 Å². The maximum atomic E-state index is 12.6. The van der Waals surface area contributed by atoms with E-state index in [9.17, 15) is 24.8 Å². The Hall–Kier alpha value is -3.11. The largest absolute Gasteiger partial charge is 0.387 e. The van der Waals surface area contributed by atoms with Gasteiger partial charge in [-0.05, 0) is 37.1 Å². The zero-order valence-corrected chi connectivity index (χ0v) is 16.7. The summed E-state index contributed by atoms with van der Waals surface area (Å²) in [6.45, 7) is 3.96. The number of thiophene rings is 1. The molecule has 1 aromatic carbocycles. The highest BCUT2D eigenvalue weighted by Crippen LogP contribution is 2.25. The van der Waals surface area contributed by atoms with Crippen molar-refractivity contribution >= 4 is 33.1 Å². The lowest BCUT2D eigenvalue weighted by atomic mass is 10.1. The van der Waals surface area contributed by atoms with Crippen LogP contribution in [0.3, 0.4) is 0 Å². The van der Waals surface area contributed by atoms with Gasteiger partial charge in [0.2, 0.25) is 5.91 Å². The highest BCUT2D eigenvalue weighted by Gasteiger charge is 2.14. The van der Waals surface area contributed by atoms with Crippen LogP contribution >= 0.6 is 11.3 Å². The van der Waals surface area contributed by atoms with Gasteiger partial charge >= 0.3 is 0 Å². The molecule has 0 aliphatic rings. The minimum atomic E-state index is -0.989. The van der Waals surface area contributed by atoms with Crippen molar-refractivity contribution in [1.82, 2.24) is 14.9 Å². The van der Waals surface area contributed by atoms with Crippen molar-refractivity contribution in [2.75, 3.05) is 6.54 Å². The van der Waals surface area contributed by atoms with E-state index in [1.54, 1.807) is 0 Å². The van der Waals surface area contributed by atoms with Gasteiger partial charge in [0.15, 0.2) is 0 Å². The molecule has 0 aliphatic heterocycles. The molecule has 0 saturated carbocycles. The van der Waals surface area contributed by atoms with Crippen LogP contribution in [0.1, 0.15) is 28.5 Å². The number of aryl methyl sites for hydroxylation is 3. The molecule has 1 amide bonds. The maximum Gasteiger partial charge on any atom is 0.269 e. The van der Waals surface area contributed by atoms with Crippen molar-refractivity contribution in [3.05, 3.63) is 67.1 Å². The molecule has 0 fully saturated rings. The number of benzene rings is 1. The molecule has 9 nitrogen and oxygen atoms in total. The van der Waals surface area contributed by atoms with Crippen LogP contribution in [-0.4, -0.2) is 32.0 Å². The molecule has 2 heterocycles. The van der Waals surface area contributed by atoms with Crippen molar-refractivity contribution < 1.29 is 14.8 Å². The zero-order valence-electron chi connectivity index (χ0n) is 15.9. The molecule has 0 spiro atoms. The molecule has 0 saturated heterocycles. The molecule has 3 aromatic rings. The second-order valence-corrected chi connectivity index (χ2v) is 7.83. The standard InChI is InChI=1S/C19H20N4O5S/c1-11-12(2)29-18-17(11)19(26)22(10-21-18)8-7-16(25)20-9-15(24)13-3-5-14(6-4-13)23(27)28/h3-6,10,15,24H,7-9H2,1-2H3,(H,20,25)/t15-/m1/s1. The summed E-state index contributed by atoms with van der Waals surface area (Å²) in [6.07, 6.45) is 0.512. The number of amides is 1. The van der Waals surface area contributed by atoms with E-state index < -0.39 is 11.0 Å². The molecule has 0 aliphatic carbocycles. The third kappa shape index (κ3) is 4.49. The van der Waals surface area contributed by atoms with Crippen LogP contribution < -0.4 is 10.9 Å². The SMILES string of the molecule is Cc1sc2ncn(CCC(=O)NC[C@@H](O)c3ccc([N+](=O)[O-])cc3)c(=O)c2c1C. The van der Waals surface area contributed by atoms with Crippen LogP contribution in [0.15, 0.2) is 35.4 Å². The monoisotopic (exact) mass is 416 g/mol. The number of carbonyl (C=O) groups excluding carboxylic acids is 1. The molecule has 29 heavy (non-hydrogen) atoms. The Morgan fingerprint density at radius 3 is 2.69 bits per heavy atom. The van der Waals surface area contributed by atoms with E-state index in [2.05, 4.69) is 10.3 Å². The third-order valence-electron chi connectivity index (χ3n) is 4.72. The number of aromatic nitrogens is 2. The number of aliphatic hydroxyl groups is 1. The summed E-state index contributed by atoms with van der Waals surface area (Å²) in [5, 5.41) is 24.0. The number of non-ortho nitro benzene ring substituents is 1. The summed E-state index contributed by atoms with van der Waals surface area (Å²) in [5.41, 5.74) is 1.13. The smallest absolute Gasteiger partial charge is 0.269 e. The molecule has 0 radical (unpaired) electrons. The first-order chi connectivity index (χ1) is 13.8. The summed E-state index contributed by atoms with van der Waals surface area (Å²) in [6, 6.07) is 5.48. The van der Waals surface area contributed by atoms with Gasteiger partial charge in [-0.15, -0.1) is 11.3 Å². The molecule has 2 aromatic heterocycles. The first-order valence-corrected chi connectivity index (χ1v) is 9.74. The number of nitro groups is 1. The van der Waals surface area contributed by atoms with Crippen LogP contribution in [0.4, 0.5) is 5.69 Å². The number of carbonyl (C=O) groups is 1. The van der Waals surface area contributed by atoms with Crippen LogP contribution in [0.5, 0.6) is 0 Å². The molecule has 0 unspecified atom stereocenters. The Morgan fingerprint density at radius 1 is 1.34 bits per heavy atom. The van der Waals surface area contributed by atoms with E-state index in [1.165, 1.54) is 46.5 Å². The molecular formula is C19H20N4O5S. The summed E-state index contributed by atoms with van der Waals surface area (Å²) in [4.78, 5) is 40.9. The van der Waals surface area contributed by atoms with Crippen LogP contribution in [0, 0.1) is 24.0 Å². The number of aliphatic hydroxyl groups excluding tert-OH is 1. The first kappa shape index (κ1) is 20.6. The highest BCUT2D eigenvalue weighted by molar-refractivity contribution is 7.18. The minimum Gasteiger partial charge on any atom is -0.387 e. The fraction of sp³-hybridized carbons (Fsp3) is 0.316. The highest BCUT2D eigenvalue weighted by atomic mass is 32.1. The molecule has 3 rings (SSSR count). The number of rotatable bonds is 7. The van der Waals surface area contributed by atoms with E-state index in [-0.39, 0.29) is 36.7 Å². The fourth-order valence-electron chi connectivity index (χ4n) is 2.89. The third-order valence-corrected chi connectivity index (χ3v) is 5.83. The predicted octanol–water partition coefficient (Wildman–Crippen LogP) is 2.22. The Bertz CT molecular complexity index is 1120. The van der Waals surface area contributed by atoms with Crippen molar-refractivity contribution in [3.63, 3.8) is 0 Å². The average molecular weight is 416 g/mol. The summed E-state index contributed by atoms with van der Waals surface area (Å²) < 4.78 is 1.41. The fourth-order valence-corrected chi connectivity index (χ4v) is 3.87. The lowest BCUT2D eigenvalue weighted by molar-refractivity contribution is -0.384. The van der Waals surface area contributed by atoms with Crippen LogP contribution in [-0.2, 0) is 11.3 Å². The number of nitrogens with one attached hydrogen (secondary N) is 1. The first-order valence-electron chi connectivity index (χ1n) is 8.92. The normalized spacial score (nSPS) is 12.1. The van der Waals surface area contributed by atoms with Crippen molar-refractivity contribution in [2.45, 2.75) is 32.9 Å². The molecule has 152 valence electrons. The summed E-state index contributed by atoms with van der Waals surface area (Å²) >= 11 is 1.47. The maximum absolute atomic E-state index is 12.6. The molecule has 2 N–H and O–H groups in total. The van der Waals surface area contributed by atoms with E-state index in [1.807, 2.05) is 13.8 Å². The van der Waals surface area contributed by atoms with Gasteiger partial charge < -0.3 is 10.4 Å². The summed E-state index contributed by atoms with van der Waals surface area (Å²) in [7, 11) is 0. The molecule has 1 atom stereocenters. The van der Waals surface area contributed by atoms with E-state index in [4.69, 9.17) is 0 Å². The Morgan fingerprint density at radius 2 is 2.03 bits per heavy atom. The topological polar surface area (TPSA) is 127 Å². The van der Waals surface area contributed by atoms with E-state index in [0.717, 1.165) is 10.4 Å². The van der Waals surface area contributed by atoms with E-state index >= 15 is 0 Å². The Kier molecular flexibility index (Phi) is 6.04. The van der Waals surface area contributed by atoms with Crippen molar-refractivity contribution in [3.8, 4) is 0 Å². The van der Waals surface area contributed by atoms with Crippen LogP contribution in [0.2, 0.25) is 0 Å².